The van der Waals surface area contributed by atoms with E-state index in [1.165, 1.54) is 37.8 Å². The van der Waals surface area contributed by atoms with Gasteiger partial charge in [0, 0.05) is 19.0 Å². The van der Waals surface area contributed by atoms with Gasteiger partial charge < -0.3 is 4.74 Å². The normalized spacial score (nSPS) is 21.8. The zero-order valence-electron chi connectivity index (χ0n) is 14.5. The fourth-order valence-corrected chi connectivity index (χ4v) is 3.69. The summed E-state index contributed by atoms with van der Waals surface area (Å²) < 4.78 is 8.22. The summed E-state index contributed by atoms with van der Waals surface area (Å²) in [4.78, 5) is 2.54. The Hall–Kier alpha value is -1.81. The lowest BCUT2D eigenvalue weighted by molar-refractivity contribution is 0.236. The van der Waals surface area contributed by atoms with Crippen molar-refractivity contribution >= 4 is 0 Å². The smallest absolute Gasteiger partial charge is 0.160 e. The average Bonchev–Trinajstić information content (AvgIpc) is 3.11. The second kappa shape index (κ2) is 6.98. The molecule has 0 unspecified atom stereocenters. The largest absolute Gasteiger partial charge is 0.490 e. The van der Waals surface area contributed by atoms with Crippen molar-refractivity contribution in [1.82, 2.24) is 14.7 Å². The Morgan fingerprint density at radius 2 is 2.00 bits per heavy atom. The summed E-state index contributed by atoms with van der Waals surface area (Å²) in [5.74, 6) is 1.60. The van der Waals surface area contributed by atoms with Crippen molar-refractivity contribution in [1.29, 1.82) is 0 Å². The second-order valence-electron chi connectivity index (χ2n) is 7.33. The van der Waals surface area contributed by atoms with Crippen LogP contribution in [0.15, 0.2) is 36.5 Å². The van der Waals surface area contributed by atoms with Crippen molar-refractivity contribution in [3.8, 4) is 5.75 Å². The van der Waals surface area contributed by atoms with Crippen molar-refractivity contribution in [2.45, 2.75) is 45.2 Å². The van der Waals surface area contributed by atoms with E-state index in [1.807, 2.05) is 0 Å². The van der Waals surface area contributed by atoms with Crippen LogP contribution in [-0.2, 0) is 6.54 Å². The molecule has 0 N–H and O–H groups in total. The van der Waals surface area contributed by atoms with Crippen LogP contribution in [0, 0.1) is 12.8 Å². The van der Waals surface area contributed by atoms with Crippen LogP contribution < -0.4 is 4.74 Å². The predicted octanol–water partition coefficient (Wildman–Crippen LogP) is 3.82. The number of aromatic nitrogens is 2. The van der Waals surface area contributed by atoms with E-state index in [0.29, 0.717) is 12.0 Å². The maximum Gasteiger partial charge on any atom is 0.160 e. The molecule has 2 fully saturated rings. The molecule has 4 nitrogen and oxygen atoms in total. The Labute approximate surface area is 144 Å². The molecule has 1 atom stereocenters. The van der Waals surface area contributed by atoms with Gasteiger partial charge in [0.05, 0.1) is 18.8 Å². The standard InChI is InChI=1S/C20H27N3O/c1-16-20(14-23(21-16)19-8-5-9-19)24-15-18-10-11-22(13-18)12-17-6-3-2-4-7-17/h2-4,6-7,14,18-19H,5,8-13,15H2,1H3/t18-/m0/s1. The molecule has 2 heterocycles. The SMILES string of the molecule is Cc1nn(C2CCC2)cc1OC[C@H]1CCN(Cc2ccccc2)C1. The van der Waals surface area contributed by atoms with Gasteiger partial charge in [-0.2, -0.15) is 5.10 Å². The number of likely N-dealkylation sites (tertiary alicyclic amines) is 1. The Kier molecular flexibility index (Phi) is 4.56. The van der Waals surface area contributed by atoms with Crippen molar-refractivity contribution in [3.63, 3.8) is 0 Å². The Morgan fingerprint density at radius 3 is 2.75 bits per heavy atom. The summed E-state index contributed by atoms with van der Waals surface area (Å²) in [6.07, 6.45) is 7.19. The number of ether oxygens (including phenoxy) is 1. The molecule has 24 heavy (non-hydrogen) atoms. The van der Waals surface area contributed by atoms with E-state index in [-0.39, 0.29) is 0 Å². The summed E-state index contributed by atoms with van der Waals surface area (Å²) in [6, 6.07) is 11.3. The van der Waals surface area contributed by atoms with Crippen molar-refractivity contribution < 1.29 is 4.74 Å². The number of hydrogen-bond acceptors (Lipinski definition) is 3. The molecule has 1 aromatic heterocycles. The molecular formula is C20H27N3O. The quantitative estimate of drug-likeness (QED) is 0.809. The van der Waals surface area contributed by atoms with Gasteiger partial charge in [0.15, 0.2) is 5.75 Å². The van der Waals surface area contributed by atoms with Gasteiger partial charge in [-0.1, -0.05) is 30.3 Å². The molecule has 2 aromatic rings. The number of hydrogen-bond donors (Lipinski definition) is 0. The van der Waals surface area contributed by atoms with Gasteiger partial charge in [-0.05, 0) is 44.7 Å². The van der Waals surface area contributed by atoms with Gasteiger partial charge in [0.1, 0.15) is 5.69 Å². The summed E-state index contributed by atoms with van der Waals surface area (Å²) in [5.41, 5.74) is 2.43. The highest BCUT2D eigenvalue weighted by molar-refractivity contribution is 5.23. The molecule has 0 amide bonds. The summed E-state index contributed by atoms with van der Waals surface area (Å²) in [6.45, 7) is 6.22. The molecule has 4 rings (SSSR count). The third-order valence-corrected chi connectivity index (χ3v) is 5.41. The highest BCUT2D eigenvalue weighted by atomic mass is 16.5. The lowest BCUT2D eigenvalue weighted by Crippen LogP contribution is -2.22. The topological polar surface area (TPSA) is 30.3 Å². The van der Waals surface area contributed by atoms with Crippen LogP contribution in [0.3, 0.4) is 0 Å². The number of rotatable bonds is 6. The van der Waals surface area contributed by atoms with E-state index in [9.17, 15) is 0 Å². The highest BCUT2D eigenvalue weighted by Gasteiger charge is 2.25. The lowest BCUT2D eigenvalue weighted by atomic mass is 9.93. The first-order valence-corrected chi connectivity index (χ1v) is 9.23. The van der Waals surface area contributed by atoms with Crippen molar-refractivity contribution in [2.75, 3.05) is 19.7 Å². The number of benzene rings is 1. The number of nitrogens with zero attached hydrogens (tertiary/aromatic N) is 3. The van der Waals surface area contributed by atoms with E-state index >= 15 is 0 Å². The molecule has 0 bridgehead atoms. The summed E-state index contributed by atoms with van der Waals surface area (Å²) in [5, 5.41) is 4.63. The Bertz CT molecular complexity index is 663. The molecule has 4 heteroatoms. The monoisotopic (exact) mass is 325 g/mol. The highest BCUT2D eigenvalue weighted by Crippen LogP contribution is 2.33. The van der Waals surface area contributed by atoms with Crippen LogP contribution in [0.25, 0.3) is 0 Å². The Morgan fingerprint density at radius 1 is 1.17 bits per heavy atom. The van der Waals surface area contributed by atoms with Crippen LogP contribution in [0.4, 0.5) is 0 Å². The fraction of sp³-hybridized carbons (Fsp3) is 0.550. The van der Waals surface area contributed by atoms with E-state index in [0.717, 1.165) is 31.1 Å². The van der Waals surface area contributed by atoms with Gasteiger partial charge in [-0.3, -0.25) is 9.58 Å². The molecule has 1 aromatic carbocycles. The molecule has 1 aliphatic heterocycles. The maximum absolute atomic E-state index is 6.11. The first-order valence-electron chi connectivity index (χ1n) is 9.23. The number of aryl methyl sites for hydroxylation is 1. The summed E-state index contributed by atoms with van der Waals surface area (Å²) >= 11 is 0. The molecule has 2 aliphatic rings. The third-order valence-electron chi connectivity index (χ3n) is 5.41. The first-order chi connectivity index (χ1) is 11.8. The molecule has 128 valence electrons. The van der Waals surface area contributed by atoms with Crippen molar-refractivity contribution in [3.05, 3.63) is 47.8 Å². The van der Waals surface area contributed by atoms with Crippen LogP contribution in [0.5, 0.6) is 5.75 Å². The third kappa shape index (κ3) is 3.48. The minimum absolute atomic E-state index is 0.605. The average molecular weight is 325 g/mol. The van der Waals surface area contributed by atoms with E-state index < -0.39 is 0 Å². The maximum atomic E-state index is 6.11. The summed E-state index contributed by atoms with van der Waals surface area (Å²) in [7, 11) is 0. The molecule has 0 spiro atoms. The fourth-order valence-electron chi connectivity index (χ4n) is 3.69. The minimum atomic E-state index is 0.605. The van der Waals surface area contributed by atoms with Crippen LogP contribution in [0.2, 0.25) is 0 Å². The van der Waals surface area contributed by atoms with Crippen molar-refractivity contribution in [2.24, 2.45) is 5.92 Å². The predicted molar refractivity (Wildman–Crippen MR) is 95.2 cm³/mol. The molecule has 1 aliphatic carbocycles. The minimum Gasteiger partial charge on any atom is -0.490 e. The molecule has 1 saturated heterocycles. The van der Waals surface area contributed by atoms with E-state index in [1.54, 1.807) is 0 Å². The molecule has 1 saturated carbocycles. The zero-order chi connectivity index (χ0) is 16.4. The van der Waals surface area contributed by atoms with Gasteiger partial charge in [-0.25, -0.2) is 0 Å². The van der Waals surface area contributed by atoms with Crippen LogP contribution in [-0.4, -0.2) is 34.4 Å². The van der Waals surface area contributed by atoms with E-state index in [2.05, 4.69) is 58.1 Å². The van der Waals surface area contributed by atoms with Gasteiger partial charge in [0.25, 0.3) is 0 Å². The van der Waals surface area contributed by atoms with Crippen LogP contribution >= 0.6 is 0 Å². The lowest BCUT2D eigenvalue weighted by Gasteiger charge is -2.25. The molecular weight excluding hydrogens is 298 g/mol. The second-order valence-corrected chi connectivity index (χ2v) is 7.33. The Balaban J connectivity index is 1.27. The first kappa shape index (κ1) is 15.7. The van der Waals surface area contributed by atoms with Gasteiger partial charge in [-0.15, -0.1) is 0 Å². The molecule has 0 radical (unpaired) electrons. The van der Waals surface area contributed by atoms with E-state index in [4.69, 9.17) is 4.74 Å². The van der Waals surface area contributed by atoms with Gasteiger partial charge >= 0.3 is 0 Å². The van der Waals surface area contributed by atoms with Crippen LogP contribution in [0.1, 0.15) is 43.0 Å². The van der Waals surface area contributed by atoms with Gasteiger partial charge in [0.2, 0.25) is 0 Å². The zero-order valence-corrected chi connectivity index (χ0v) is 14.5.